The number of hydrogen-bond acceptors (Lipinski definition) is 1. The molecule has 2 aromatic rings. The van der Waals surface area contributed by atoms with Gasteiger partial charge >= 0.3 is 0 Å². The maximum Gasteiger partial charge on any atom is 0.166 e. The van der Waals surface area contributed by atoms with Gasteiger partial charge in [-0.1, -0.05) is 48.6 Å². The summed E-state index contributed by atoms with van der Waals surface area (Å²) in [7, 11) is 0. The summed E-state index contributed by atoms with van der Waals surface area (Å²) in [6, 6.07) is 10.5. The van der Waals surface area contributed by atoms with Crippen LogP contribution in [0.15, 0.2) is 42.5 Å². The van der Waals surface area contributed by atoms with E-state index in [-0.39, 0.29) is 11.7 Å². The Morgan fingerprint density at radius 2 is 1.82 bits per heavy atom. The average molecular weight is 218 g/mol. The predicted molar refractivity (Wildman–Crippen MR) is 69.8 cm³/mol. The van der Waals surface area contributed by atoms with Crippen molar-refractivity contribution in [2.24, 2.45) is 0 Å². The van der Waals surface area contributed by atoms with E-state index in [0.29, 0.717) is 0 Å². The second-order valence-electron chi connectivity index (χ2n) is 4.59. The number of benzene rings is 2. The highest BCUT2D eigenvalue weighted by atomic mass is 16.1. The van der Waals surface area contributed by atoms with Gasteiger partial charge in [0.25, 0.3) is 0 Å². The lowest BCUT2D eigenvalue weighted by atomic mass is 9.78. The Balaban J connectivity index is 2.25. The number of carbonyl (C=O) groups is 1. The van der Waals surface area contributed by atoms with Crippen LogP contribution in [-0.4, -0.2) is 5.78 Å². The van der Waals surface area contributed by atoms with Crippen LogP contribution in [-0.2, 0) is 4.79 Å². The van der Waals surface area contributed by atoms with Crippen molar-refractivity contribution in [2.75, 3.05) is 0 Å². The first-order valence-electron chi connectivity index (χ1n) is 5.80. The topological polar surface area (TPSA) is 17.1 Å². The summed E-state index contributed by atoms with van der Waals surface area (Å²) < 4.78 is 0. The zero-order valence-electron chi connectivity index (χ0n) is 9.18. The molecule has 1 heteroatoms. The van der Waals surface area contributed by atoms with Crippen LogP contribution in [0, 0.1) is 0 Å². The molecule has 0 fully saturated rings. The molecule has 0 aliphatic heterocycles. The van der Waals surface area contributed by atoms with Gasteiger partial charge in [-0.05, 0) is 33.5 Å². The van der Waals surface area contributed by atoms with Gasteiger partial charge in [-0.3, -0.25) is 4.79 Å². The van der Waals surface area contributed by atoms with Crippen molar-refractivity contribution in [3.8, 4) is 0 Å². The smallest absolute Gasteiger partial charge is 0.166 e. The van der Waals surface area contributed by atoms with Gasteiger partial charge in [-0.15, -0.1) is 0 Å². The van der Waals surface area contributed by atoms with Gasteiger partial charge in [0.1, 0.15) is 0 Å². The van der Waals surface area contributed by atoms with E-state index in [1.165, 1.54) is 27.5 Å². The van der Waals surface area contributed by atoms with Crippen LogP contribution in [0.3, 0.4) is 0 Å². The molecule has 80 valence electrons. The summed E-state index contributed by atoms with van der Waals surface area (Å²) in [5.74, 6) is 0.115. The molecule has 1 nitrogen and oxygen atoms in total. The fraction of sp³-hybridized carbons (Fsp3) is 0.0625. The summed E-state index contributed by atoms with van der Waals surface area (Å²) >= 11 is 0. The predicted octanol–water partition coefficient (Wildman–Crippen LogP) is 3.55. The molecule has 1 atom stereocenters. The van der Waals surface area contributed by atoms with Crippen molar-refractivity contribution in [3.63, 3.8) is 0 Å². The van der Waals surface area contributed by atoms with Gasteiger partial charge in [-0.25, -0.2) is 0 Å². The van der Waals surface area contributed by atoms with E-state index < -0.39 is 0 Å². The highest BCUT2D eigenvalue weighted by molar-refractivity contribution is 6.10. The number of ketones is 1. The van der Waals surface area contributed by atoms with Crippen LogP contribution in [0.1, 0.15) is 22.6 Å². The molecular weight excluding hydrogens is 208 g/mol. The number of hydrogen-bond donors (Lipinski definition) is 0. The zero-order chi connectivity index (χ0) is 11.4. The van der Waals surface area contributed by atoms with Gasteiger partial charge in [0.05, 0.1) is 5.92 Å². The first-order chi connectivity index (χ1) is 8.34. The molecule has 0 aromatic heterocycles. The normalized spacial score (nSPS) is 20.0. The standard InChI is InChI=1S/C16H10O/c17-14-9-7-12-5-4-10-2-1-3-11-6-8-13(14)16(12)15(10)11/h1-9,13H. The quantitative estimate of drug-likeness (QED) is 0.661. The minimum atomic E-state index is -0.0754. The first kappa shape index (κ1) is 8.94. The van der Waals surface area contributed by atoms with Gasteiger partial charge in [0.15, 0.2) is 5.78 Å². The fourth-order valence-corrected chi connectivity index (χ4v) is 2.88. The highest BCUT2D eigenvalue weighted by Gasteiger charge is 2.26. The Kier molecular flexibility index (Phi) is 1.55. The maximum absolute atomic E-state index is 11.9. The fourth-order valence-electron chi connectivity index (χ4n) is 2.88. The van der Waals surface area contributed by atoms with Gasteiger partial charge < -0.3 is 0 Å². The molecule has 17 heavy (non-hydrogen) atoms. The van der Waals surface area contributed by atoms with E-state index in [4.69, 9.17) is 0 Å². The van der Waals surface area contributed by atoms with Crippen LogP contribution >= 0.6 is 0 Å². The Bertz CT molecular complexity index is 720. The van der Waals surface area contributed by atoms with Crippen LogP contribution < -0.4 is 0 Å². The Morgan fingerprint density at radius 1 is 0.882 bits per heavy atom. The average Bonchev–Trinajstić information content (AvgIpc) is 2.38. The zero-order valence-corrected chi connectivity index (χ0v) is 9.18. The minimum absolute atomic E-state index is 0.0754. The molecule has 2 aliphatic rings. The molecule has 0 radical (unpaired) electrons. The largest absolute Gasteiger partial charge is 0.294 e. The second kappa shape index (κ2) is 2.95. The van der Waals surface area contributed by atoms with Crippen LogP contribution in [0.4, 0.5) is 0 Å². The molecule has 0 amide bonds. The third-order valence-corrected chi connectivity index (χ3v) is 3.66. The van der Waals surface area contributed by atoms with Crippen molar-refractivity contribution in [3.05, 3.63) is 59.2 Å². The lowest BCUT2D eigenvalue weighted by molar-refractivity contribution is -0.115. The molecule has 1 unspecified atom stereocenters. The van der Waals surface area contributed by atoms with E-state index in [2.05, 4.69) is 36.4 Å². The summed E-state index contributed by atoms with van der Waals surface area (Å²) in [6.45, 7) is 0. The van der Waals surface area contributed by atoms with Crippen LogP contribution in [0.25, 0.3) is 22.9 Å². The van der Waals surface area contributed by atoms with E-state index in [1.807, 2.05) is 12.2 Å². The third kappa shape index (κ3) is 1.06. The molecule has 0 N–H and O–H groups in total. The number of rotatable bonds is 0. The van der Waals surface area contributed by atoms with Crippen molar-refractivity contribution < 1.29 is 4.79 Å². The van der Waals surface area contributed by atoms with E-state index in [9.17, 15) is 4.79 Å². The van der Waals surface area contributed by atoms with Gasteiger partial charge in [0, 0.05) is 0 Å². The molecular formula is C16H10O. The van der Waals surface area contributed by atoms with Crippen molar-refractivity contribution in [2.45, 2.75) is 5.92 Å². The molecule has 0 heterocycles. The van der Waals surface area contributed by atoms with Crippen LogP contribution in [0.5, 0.6) is 0 Å². The number of carbonyl (C=O) groups excluding carboxylic acids is 1. The van der Waals surface area contributed by atoms with E-state index in [0.717, 1.165) is 0 Å². The van der Waals surface area contributed by atoms with Crippen molar-refractivity contribution in [1.82, 2.24) is 0 Å². The van der Waals surface area contributed by atoms with E-state index in [1.54, 1.807) is 6.08 Å². The lowest BCUT2D eigenvalue weighted by Gasteiger charge is -2.24. The number of allylic oxidation sites excluding steroid dienone is 2. The van der Waals surface area contributed by atoms with Crippen molar-refractivity contribution in [1.29, 1.82) is 0 Å². The molecule has 0 bridgehead atoms. The molecule has 0 saturated heterocycles. The molecule has 2 aromatic carbocycles. The SMILES string of the molecule is O=C1C=Cc2ccc3cccc4c3c2C1C=C4. The highest BCUT2D eigenvalue weighted by Crippen LogP contribution is 2.40. The molecule has 2 aliphatic carbocycles. The Hall–Kier alpha value is -2.15. The Labute approximate surface area is 99.1 Å². The summed E-state index contributed by atoms with van der Waals surface area (Å²) in [4.78, 5) is 11.9. The van der Waals surface area contributed by atoms with Gasteiger partial charge in [-0.2, -0.15) is 0 Å². The third-order valence-electron chi connectivity index (χ3n) is 3.66. The second-order valence-corrected chi connectivity index (χ2v) is 4.59. The van der Waals surface area contributed by atoms with E-state index >= 15 is 0 Å². The van der Waals surface area contributed by atoms with Crippen molar-refractivity contribution >= 4 is 28.7 Å². The molecule has 0 saturated carbocycles. The summed E-state index contributed by atoms with van der Waals surface area (Å²) in [5, 5.41) is 2.47. The first-order valence-corrected chi connectivity index (χ1v) is 5.80. The lowest BCUT2D eigenvalue weighted by Crippen LogP contribution is -2.15. The molecule has 4 rings (SSSR count). The van der Waals surface area contributed by atoms with Gasteiger partial charge in [0.2, 0.25) is 0 Å². The monoisotopic (exact) mass is 218 g/mol. The van der Waals surface area contributed by atoms with Crippen LogP contribution in [0.2, 0.25) is 0 Å². The Morgan fingerprint density at radius 3 is 2.76 bits per heavy atom. The maximum atomic E-state index is 11.9. The summed E-state index contributed by atoms with van der Waals surface area (Å²) in [6.07, 6.45) is 7.72. The minimum Gasteiger partial charge on any atom is -0.294 e. The molecule has 0 spiro atoms. The summed E-state index contributed by atoms with van der Waals surface area (Å²) in [5.41, 5.74) is 3.59.